The molecule has 0 aromatic heterocycles. The molecular weight excluding hydrogens is 144 g/mol. The molecule has 0 aliphatic heterocycles. The number of rotatable bonds is 4. The van der Waals surface area contributed by atoms with E-state index in [0.717, 1.165) is 6.42 Å². The van der Waals surface area contributed by atoms with Crippen LogP contribution in [0.1, 0.15) is 13.3 Å². The van der Waals surface area contributed by atoms with Crippen molar-refractivity contribution in [1.82, 2.24) is 0 Å². The van der Waals surface area contributed by atoms with E-state index in [1.807, 2.05) is 0 Å². The molecule has 0 unspecified atom stereocenters. The van der Waals surface area contributed by atoms with E-state index in [9.17, 15) is 0 Å². The van der Waals surface area contributed by atoms with E-state index in [1.165, 1.54) is 0 Å². The molecule has 62 valence electrons. The third kappa shape index (κ3) is 8.14. The lowest BCUT2D eigenvalue weighted by Crippen LogP contribution is -2.26. The minimum Gasteiger partial charge on any atom is -0.418 e. The van der Waals surface area contributed by atoms with Crippen LogP contribution in [0.3, 0.4) is 0 Å². The topological polar surface area (TPSA) is 29.5 Å². The first kappa shape index (κ1) is 10.1. The predicted octanol–water partition coefficient (Wildman–Crippen LogP) is 1.61. The standard InChI is InChI=1S/C7H18O2Si/c1-7(8)5-6-9-10(2,3)4/h7-8H,5-6H2,1-4H3/t7-/m0/s1. The van der Waals surface area contributed by atoms with Crippen molar-refractivity contribution in [2.45, 2.75) is 39.1 Å². The molecule has 0 fully saturated rings. The minimum absolute atomic E-state index is 0.226. The summed E-state index contributed by atoms with van der Waals surface area (Å²) in [5.74, 6) is 0. The van der Waals surface area contributed by atoms with Gasteiger partial charge in [0.2, 0.25) is 0 Å². The van der Waals surface area contributed by atoms with E-state index >= 15 is 0 Å². The molecule has 3 heteroatoms. The average molecular weight is 162 g/mol. The van der Waals surface area contributed by atoms with Gasteiger partial charge in [-0.05, 0) is 33.0 Å². The molecule has 0 radical (unpaired) electrons. The maximum absolute atomic E-state index is 8.88. The third-order valence-electron chi connectivity index (χ3n) is 1.07. The zero-order valence-electron chi connectivity index (χ0n) is 7.35. The first-order valence-corrected chi connectivity index (χ1v) is 7.14. The van der Waals surface area contributed by atoms with E-state index in [-0.39, 0.29) is 6.10 Å². The SMILES string of the molecule is C[C@H](O)CCO[Si](C)(C)C. The van der Waals surface area contributed by atoms with Crippen LogP contribution in [-0.4, -0.2) is 26.1 Å². The smallest absolute Gasteiger partial charge is 0.183 e. The summed E-state index contributed by atoms with van der Waals surface area (Å²) in [4.78, 5) is 0. The van der Waals surface area contributed by atoms with Crippen molar-refractivity contribution in [3.63, 3.8) is 0 Å². The fourth-order valence-corrected chi connectivity index (χ4v) is 1.27. The summed E-state index contributed by atoms with van der Waals surface area (Å²) in [6, 6.07) is 0. The van der Waals surface area contributed by atoms with Crippen LogP contribution < -0.4 is 0 Å². The molecular formula is C7H18O2Si. The maximum atomic E-state index is 8.88. The molecule has 0 saturated carbocycles. The Kier molecular flexibility index (Phi) is 4.16. The minimum atomic E-state index is -1.34. The first-order chi connectivity index (χ1) is 4.42. The molecule has 1 atom stereocenters. The van der Waals surface area contributed by atoms with Gasteiger partial charge in [-0.25, -0.2) is 0 Å². The molecule has 0 aliphatic carbocycles. The Hall–Kier alpha value is 0.137. The summed E-state index contributed by atoms with van der Waals surface area (Å²) in [5, 5.41) is 8.88. The van der Waals surface area contributed by atoms with Gasteiger partial charge in [0.1, 0.15) is 0 Å². The molecule has 2 nitrogen and oxygen atoms in total. The Morgan fingerprint density at radius 3 is 2.20 bits per heavy atom. The second-order valence-electron chi connectivity index (χ2n) is 3.60. The van der Waals surface area contributed by atoms with Crippen LogP contribution in [0.2, 0.25) is 19.6 Å². The Bertz CT molecular complexity index is 86.1. The molecule has 0 bridgehead atoms. The summed E-state index contributed by atoms with van der Waals surface area (Å²) in [6.07, 6.45) is 0.529. The van der Waals surface area contributed by atoms with Crippen molar-refractivity contribution in [3.05, 3.63) is 0 Å². The second-order valence-corrected chi connectivity index (χ2v) is 8.11. The molecule has 0 rings (SSSR count). The van der Waals surface area contributed by atoms with Gasteiger partial charge in [-0.1, -0.05) is 0 Å². The van der Waals surface area contributed by atoms with E-state index in [1.54, 1.807) is 6.92 Å². The third-order valence-corrected chi connectivity index (χ3v) is 2.14. The Morgan fingerprint density at radius 2 is 1.90 bits per heavy atom. The Morgan fingerprint density at radius 1 is 1.40 bits per heavy atom. The van der Waals surface area contributed by atoms with E-state index in [0.29, 0.717) is 6.61 Å². The van der Waals surface area contributed by atoms with Crippen molar-refractivity contribution < 1.29 is 9.53 Å². The highest BCUT2D eigenvalue weighted by Gasteiger charge is 2.13. The first-order valence-electron chi connectivity index (χ1n) is 3.74. The highest BCUT2D eigenvalue weighted by molar-refractivity contribution is 6.69. The van der Waals surface area contributed by atoms with Crippen LogP contribution in [0.25, 0.3) is 0 Å². The highest BCUT2D eigenvalue weighted by atomic mass is 28.4. The summed E-state index contributed by atoms with van der Waals surface area (Å²) in [5.41, 5.74) is 0. The van der Waals surface area contributed by atoms with Gasteiger partial charge in [-0.2, -0.15) is 0 Å². The lowest BCUT2D eigenvalue weighted by atomic mass is 10.3. The monoisotopic (exact) mass is 162 g/mol. The predicted molar refractivity (Wildman–Crippen MR) is 45.6 cm³/mol. The van der Waals surface area contributed by atoms with Gasteiger partial charge in [0.25, 0.3) is 0 Å². The van der Waals surface area contributed by atoms with Crippen molar-refractivity contribution in [3.8, 4) is 0 Å². The van der Waals surface area contributed by atoms with Crippen molar-refractivity contribution in [1.29, 1.82) is 0 Å². The van der Waals surface area contributed by atoms with Crippen LogP contribution in [0.4, 0.5) is 0 Å². The zero-order chi connectivity index (χ0) is 8.20. The Balaban J connectivity index is 3.21. The van der Waals surface area contributed by atoms with Crippen LogP contribution >= 0.6 is 0 Å². The molecule has 0 aromatic carbocycles. The molecule has 1 N–H and O–H groups in total. The molecule has 0 spiro atoms. The zero-order valence-corrected chi connectivity index (χ0v) is 8.35. The molecule has 0 heterocycles. The molecule has 0 aliphatic rings. The van der Waals surface area contributed by atoms with Gasteiger partial charge >= 0.3 is 0 Å². The molecule has 0 amide bonds. The number of hydrogen-bond donors (Lipinski definition) is 1. The van der Waals surface area contributed by atoms with Gasteiger partial charge in [-0.15, -0.1) is 0 Å². The number of aliphatic hydroxyl groups is 1. The van der Waals surface area contributed by atoms with Gasteiger partial charge < -0.3 is 9.53 Å². The van der Waals surface area contributed by atoms with Gasteiger partial charge in [0.05, 0.1) is 6.10 Å². The molecule has 0 saturated heterocycles. The lowest BCUT2D eigenvalue weighted by molar-refractivity contribution is 0.154. The summed E-state index contributed by atoms with van der Waals surface area (Å²) in [7, 11) is -1.34. The fraction of sp³-hybridized carbons (Fsp3) is 1.00. The summed E-state index contributed by atoms with van der Waals surface area (Å²) < 4.78 is 5.52. The van der Waals surface area contributed by atoms with Crippen LogP contribution in [0, 0.1) is 0 Å². The lowest BCUT2D eigenvalue weighted by Gasteiger charge is -2.17. The largest absolute Gasteiger partial charge is 0.418 e. The van der Waals surface area contributed by atoms with E-state index in [4.69, 9.17) is 9.53 Å². The summed E-state index contributed by atoms with van der Waals surface area (Å²) in [6.45, 7) is 8.93. The van der Waals surface area contributed by atoms with Crippen LogP contribution in [0.15, 0.2) is 0 Å². The average Bonchev–Trinajstić information content (AvgIpc) is 1.59. The van der Waals surface area contributed by atoms with Crippen LogP contribution in [0.5, 0.6) is 0 Å². The normalized spacial score (nSPS) is 15.3. The molecule has 10 heavy (non-hydrogen) atoms. The summed E-state index contributed by atoms with van der Waals surface area (Å²) >= 11 is 0. The maximum Gasteiger partial charge on any atom is 0.183 e. The van der Waals surface area contributed by atoms with Gasteiger partial charge in [-0.3, -0.25) is 0 Å². The fourth-order valence-electron chi connectivity index (χ4n) is 0.536. The Labute approximate surface area is 64.3 Å². The van der Waals surface area contributed by atoms with E-state index < -0.39 is 8.32 Å². The van der Waals surface area contributed by atoms with Crippen molar-refractivity contribution in [2.75, 3.05) is 6.61 Å². The highest BCUT2D eigenvalue weighted by Crippen LogP contribution is 2.03. The number of aliphatic hydroxyl groups excluding tert-OH is 1. The van der Waals surface area contributed by atoms with E-state index in [2.05, 4.69) is 19.6 Å². The van der Waals surface area contributed by atoms with Crippen molar-refractivity contribution in [2.24, 2.45) is 0 Å². The van der Waals surface area contributed by atoms with Gasteiger partial charge in [0.15, 0.2) is 8.32 Å². The van der Waals surface area contributed by atoms with Crippen LogP contribution in [-0.2, 0) is 4.43 Å². The second kappa shape index (κ2) is 4.11. The number of hydrogen-bond acceptors (Lipinski definition) is 2. The molecule has 0 aromatic rings. The quantitative estimate of drug-likeness (QED) is 0.636. The van der Waals surface area contributed by atoms with Gasteiger partial charge in [0, 0.05) is 6.61 Å². The van der Waals surface area contributed by atoms with Crippen molar-refractivity contribution >= 4 is 8.32 Å².